The Morgan fingerprint density at radius 1 is 1.62 bits per heavy atom. The third-order valence-electron chi connectivity index (χ3n) is 1.24. The molecule has 0 saturated carbocycles. The number of aliphatic hydroxyl groups excluding tert-OH is 1. The minimum atomic E-state index is -0.923. The summed E-state index contributed by atoms with van der Waals surface area (Å²) in [6.07, 6.45) is 0.857. The van der Waals surface area contributed by atoms with Crippen molar-refractivity contribution < 1.29 is 14.6 Å². The molecule has 0 radical (unpaired) electrons. The van der Waals surface area contributed by atoms with Crippen LogP contribution in [0.25, 0.3) is 0 Å². The second kappa shape index (κ2) is 3.81. The molecule has 1 aromatic rings. The molecule has 0 bridgehead atoms. The number of carbonyl (C=O) groups excluding carboxylic acids is 1. The van der Waals surface area contributed by atoms with Gasteiger partial charge < -0.3 is 15.6 Å². The van der Waals surface area contributed by atoms with Gasteiger partial charge in [0.2, 0.25) is 0 Å². The molecule has 0 fully saturated rings. The molecule has 0 saturated heterocycles. The third kappa shape index (κ3) is 2.68. The number of hydrogen-bond donors (Lipinski definition) is 2. The number of nitrogens with two attached hydrogens (primary N) is 1. The largest absolute Gasteiger partial charge is 0.410 e. The highest BCUT2D eigenvalue weighted by atomic mass is 16.5. The molecule has 1 aromatic heterocycles. The van der Waals surface area contributed by atoms with Gasteiger partial charge >= 0.3 is 6.09 Å². The first-order chi connectivity index (χ1) is 6.09. The van der Waals surface area contributed by atoms with Crippen LogP contribution < -0.4 is 10.5 Å². The average Bonchev–Trinajstić information content (AvgIpc) is 2.04. The molecule has 1 atom stereocenters. The summed E-state index contributed by atoms with van der Waals surface area (Å²) >= 11 is 0. The number of primary amides is 1. The number of nitrogens with zero attached hydrogens (tertiary/aromatic N) is 2. The topological polar surface area (TPSA) is 98.3 Å². The van der Waals surface area contributed by atoms with Gasteiger partial charge in [0.25, 0.3) is 0 Å². The summed E-state index contributed by atoms with van der Waals surface area (Å²) in [6, 6.07) is 0. The van der Waals surface area contributed by atoms with E-state index >= 15 is 0 Å². The number of rotatable bonds is 2. The molecule has 70 valence electrons. The van der Waals surface area contributed by atoms with Crippen molar-refractivity contribution in [3.63, 3.8) is 0 Å². The Morgan fingerprint density at radius 3 is 2.54 bits per heavy atom. The fraction of sp³-hybridized carbons (Fsp3) is 0.286. The summed E-state index contributed by atoms with van der Waals surface area (Å²) in [7, 11) is 0. The van der Waals surface area contributed by atoms with Gasteiger partial charge in [0.15, 0.2) is 11.6 Å². The lowest BCUT2D eigenvalue weighted by molar-refractivity contribution is 0.188. The Hall–Kier alpha value is -1.69. The molecule has 1 rings (SSSR count). The maximum atomic E-state index is 10.3. The quantitative estimate of drug-likeness (QED) is 0.671. The number of hydrogen-bond acceptors (Lipinski definition) is 5. The number of carbonyl (C=O) groups is 1. The van der Waals surface area contributed by atoms with E-state index in [0.29, 0.717) is 0 Å². The van der Waals surface area contributed by atoms with E-state index < -0.39 is 12.2 Å². The van der Waals surface area contributed by atoms with E-state index in [1.165, 1.54) is 19.3 Å². The Balaban J connectivity index is 2.75. The lowest BCUT2D eigenvalue weighted by atomic mass is 10.4. The van der Waals surface area contributed by atoms with Crippen molar-refractivity contribution in [1.82, 2.24) is 9.97 Å². The van der Waals surface area contributed by atoms with E-state index in [0.717, 1.165) is 0 Å². The van der Waals surface area contributed by atoms with Crippen LogP contribution >= 0.6 is 0 Å². The molecule has 0 aromatic carbocycles. The lowest BCUT2D eigenvalue weighted by Gasteiger charge is -2.03. The minimum Gasteiger partial charge on any atom is -0.407 e. The molecule has 3 N–H and O–H groups in total. The Morgan fingerprint density at radius 2 is 2.15 bits per heavy atom. The highest BCUT2D eigenvalue weighted by Gasteiger charge is 2.05. The highest BCUT2D eigenvalue weighted by Crippen LogP contribution is 2.10. The van der Waals surface area contributed by atoms with Crippen molar-refractivity contribution in [2.75, 3.05) is 0 Å². The van der Waals surface area contributed by atoms with Gasteiger partial charge in [-0.15, -0.1) is 0 Å². The van der Waals surface area contributed by atoms with Crippen LogP contribution in [0.15, 0.2) is 12.4 Å². The van der Waals surface area contributed by atoms with Crippen LogP contribution in [0.3, 0.4) is 0 Å². The zero-order chi connectivity index (χ0) is 9.84. The van der Waals surface area contributed by atoms with Crippen molar-refractivity contribution in [2.45, 2.75) is 13.0 Å². The minimum absolute atomic E-state index is 0.150. The normalized spacial score (nSPS) is 12.2. The molecule has 1 heterocycles. The van der Waals surface area contributed by atoms with Crippen LogP contribution in [0.4, 0.5) is 4.79 Å². The van der Waals surface area contributed by atoms with E-state index in [1.807, 2.05) is 0 Å². The molecular formula is C7H9N3O3. The predicted octanol–water partition coefficient (Wildman–Crippen LogP) is -0.0126. The van der Waals surface area contributed by atoms with E-state index in [4.69, 9.17) is 10.8 Å². The van der Waals surface area contributed by atoms with E-state index in [1.54, 1.807) is 0 Å². The molecule has 1 amide bonds. The Labute approximate surface area is 74.4 Å². The Kier molecular flexibility index (Phi) is 2.76. The summed E-state index contributed by atoms with van der Waals surface area (Å²) in [4.78, 5) is 17.8. The number of aromatic nitrogens is 2. The maximum absolute atomic E-state index is 10.3. The van der Waals surface area contributed by atoms with Crippen LogP contribution in [0.2, 0.25) is 0 Å². The first-order valence-corrected chi connectivity index (χ1v) is 3.57. The molecule has 0 spiro atoms. The lowest BCUT2D eigenvalue weighted by Crippen LogP contribution is -2.16. The number of aliphatic hydroxyl groups is 1. The molecule has 0 aliphatic carbocycles. The van der Waals surface area contributed by atoms with Crippen LogP contribution in [0.5, 0.6) is 5.75 Å². The van der Waals surface area contributed by atoms with Crippen molar-refractivity contribution in [2.24, 2.45) is 5.73 Å². The molecule has 6 heteroatoms. The van der Waals surface area contributed by atoms with Crippen LogP contribution in [0, 0.1) is 0 Å². The molecule has 0 aliphatic heterocycles. The molecular weight excluding hydrogens is 174 g/mol. The third-order valence-corrected chi connectivity index (χ3v) is 1.24. The van der Waals surface area contributed by atoms with Gasteiger partial charge in [0.1, 0.15) is 6.10 Å². The number of amides is 1. The highest BCUT2D eigenvalue weighted by molar-refractivity contribution is 5.67. The van der Waals surface area contributed by atoms with Gasteiger partial charge in [0.05, 0.1) is 12.4 Å². The zero-order valence-electron chi connectivity index (χ0n) is 6.97. The van der Waals surface area contributed by atoms with Crippen molar-refractivity contribution in [1.29, 1.82) is 0 Å². The van der Waals surface area contributed by atoms with Gasteiger partial charge in [-0.05, 0) is 6.92 Å². The van der Waals surface area contributed by atoms with Gasteiger partial charge in [-0.1, -0.05) is 0 Å². The number of ether oxygens (including phenoxy) is 1. The maximum Gasteiger partial charge on any atom is 0.410 e. The first kappa shape index (κ1) is 9.40. The first-order valence-electron chi connectivity index (χ1n) is 3.57. The average molecular weight is 183 g/mol. The van der Waals surface area contributed by atoms with E-state index in [2.05, 4.69) is 14.7 Å². The summed E-state index contributed by atoms with van der Waals surface area (Å²) in [5.74, 6) is 0.411. The summed E-state index contributed by atoms with van der Waals surface area (Å²) in [5, 5.41) is 9.04. The van der Waals surface area contributed by atoms with Gasteiger partial charge in [0, 0.05) is 0 Å². The van der Waals surface area contributed by atoms with Crippen LogP contribution in [-0.2, 0) is 0 Å². The monoisotopic (exact) mass is 183 g/mol. The van der Waals surface area contributed by atoms with Gasteiger partial charge in [-0.25, -0.2) is 14.8 Å². The molecule has 6 nitrogen and oxygen atoms in total. The predicted molar refractivity (Wildman–Crippen MR) is 42.9 cm³/mol. The van der Waals surface area contributed by atoms with Gasteiger partial charge in [-0.3, -0.25) is 0 Å². The summed E-state index contributed by atoms with van der Waals surface area (Å²) in [6.45, 7) is 1.53. The zero-order valence-corrected chi connectivity index (χ0v) is 6.97. The van der Waals surface area contributed by atoms with Crippen LogP contribution in [0.1, 0.15) is 18.9 Å². The Bertz CT molecular complexity index is 296. The summed E-state index contributed by atoms with van der Waals surface area (Å²) < 4.78 is 4.48. The molecule has 0 aliphatic rings. The fourth-order valence-corrected chi connectivity index (χ4v) is 0.711. The van der Waals surface area contributed by atoms with Crippen molar-refractivity contribution in [3.8, 4) is 5.75 Å². The summed E-state index contributed by atoms with van der Waals surface area (Å²) in [5.41, 5.74) is 4.76. The standard InChI is InChI=1S/C7H9N3O3/c1-4(11)6-9-2-5(3-10-6)13-7(8)12/h2-4,11H,1H3,(H2,8,12). The second-order valence-electron chi connectivity index (χ2n) is 2.37. The fourth-order valence-electron chi connectivity index (χ4n) is 0.711. The van der Waals surface area contributed by atoms with Crippen molar-refractivity contribution in [3.05, 3.63) is 18.2 Å². The van der Waals surface area contributed by atoms with Gasteiger partial charge in [-0.2, -0.15) is 0 Å². The van der Waals surface area contributed by atoms with Crippen LogP contribution in [-0.4, -0.2) is 21.2 Å². The van der Waals surface area contributed by atoms with E-state index in [-0.39, 0.29) is 11.6 Å². The molecule has 1 unspecified atom stereocenters. The van der Waals surface area contributed by atoms with E-state index in [9.17, 15) is 4.79 Å². The smallest absolute Gasteiger partial charge is 0.407 e. The second-order valence-corrected chi connectivity index (χ2v) is 2.37. The van der Waals surface area contributed by atoms with Crippen molar-refractivity contribution >= 4 is 6.09 Å². The molecule has 13 heavy (non-hydrogen) atoms. The SMILES string of the molecule is CC(O)c1ncc(OC(N)=O)cn1.